The van der Waals surface area contributed by atoms with Crippen LogP contribution >= 0.6 is 0 Å². The highest BCUT2D eigenvalue weighted by molar-refractivity contribution is 5.86. The summed E-state index contributed by atoms with van der Waals surface area (Å²) >= 11 is 0. The number of hydrogen-bond acceptors (Lipinski definition) is 3. The first-order valence-electron chi connectivity index (χ1n) is 11.3. The van der Waals surface area contributed by atoms with Gasteiger partial charge in [0.05, 0.1) is 5.41 Å². The van der Waals surface area contributed by atoms with Crippen molar-refractivity contribution >= 4 is 11.8 Å². The molecule has 1 saturated heterocycles. The van der Waals surface area contributed by atoms with Crippen molar-refractivity contribution in [3.05, 3.63) is 54.4 Å². The van der Waals surface area contributed by atoms with Gasteiger partial charge in [-0.15, -0.1) is 0 Å². The number of benzene rings is 1. The number of carbonyl (C=O) groups excluding carboxylic acids is 2. The first kappa shape index (κ1) is 21.5. The first-order valence-corrected chi connectivity index (χ1v) is 11.3. The summed E-state index contributed by atoms with van der Waals surface area (Å²) in [6.45, 7) is 7.41. The lowest BCUT2D eigenvalue weighted by molar-refractivity contribution is -0.134. The van der Waals surface area contributed by atoms with Crippen LogP contribution < -0.4 is 5.32 Å². The predicted molar refractivity (Wildman–Crippen MR) is 122 cm³/mol. The Morgan fingerprint density at radius 1 is 1.06 bits per heavy atom. The predicted octanol–water partition coefficient (Wildman–Crippen LogP) is 4.22. The molecule has 2 aromatic rings. The van der Waals surface area contributed by atoms with Crippen LogP contribution in [0.15, 0.2) is 48.8 Å². The minimum atomic E-state index is -0.547. The summed E-state index contributed by atoms with van der Waals surface area (Å²) in [7, 11) is 0. The van der Waals surface area contributed by atoms with Crippen molar-refractivity contribution in [3.8, 4) is 11.1 Å². The molecule has 0 radical (unpaired) electrons. The molecule has 2 aliphatic rings. The molecule has 2 fully saturated rings. The van der Waals surface area contributed by atoms with E-state index < -0.39 is 5.41 Å². The molecule has 1 aliphatic carbocycles. The summed E-state index contributed by atoms with van der Waals surface area (Å²) < 4.78 is 0. The quantitative estimate of drug-likeness (QED) is 0.762. The molecular weight excluding hydrogens is 386 g/mol. The van der Waals surface area contributed by atoms with Gasteiger partial charge in [0, 0.05) is 37.9 Å². The summed E-state index contributed by atoms with van der Waals surface area (Å²) in [5.74, 6) is 0.265. The topological polar surface area (TPSA) is 62.3 Å². The Morgan fingerprint density at radius 2 is 1.71 bits per heavy atom. The van der Waals surface area contributed by atoms with E-state index in [9.17, 15) is 9.59 Å². The average Bonchev–Trinajstić information content (AvgIpc) is 3.44. The van der Waals surface area contributed by atoms with E-state index in [1.54, 1.807) is 12.4 Å². The second-order valence-electron chi connectivity index (χ2n) is 10.4. The molecule has 5 heteroatoms. The van der Waals surface area contributed by atoms with Crippen molar-refractivity contribution in [2.45, 2.75) is 58.9 Å². The Morgan fingerprint density at radius 3 is 2.32 bits per heavy atom. The number of amides is 2. The van der Waals surface area contributed by atoms with Crippen molar-refractivity contribution < 1.29 is 9.59 Å². The molecule has 5 nitrogen and oxygen atoms in total. The van der Waals surface area contributed by atoms with Gasteiger partial charge in [-0.3, -0.25) is 14.6 Å². The van der Waals surface area contributed by atoms with Crippen molar-refractivity contribution in [1.29, 1.82) is 0 Å². The summed E-state index contributed by atoms with van der Waals surface area (Å²) in [4.78, 5) is 32.1. The maximum atomic E-state index is 13.3. The number of rotatable bonds is 6. The lowest BCUT2D eigenvalue weighted by atomic mass is 9.79. The fourth-order valence-corrected chi connectivity index (χ4v) is 4.38. The van der Waals surface area contributed by atoms with Crippen LogP contribution in [0.25, 0.3) is 11.1 Å². The maximum absolute atomic E-state index is 13.3. The molecule has 1 aromatic carbocycles. The van der Waals surface area contributed by atoms with E-state index in [0.717, 1.165) is 29.5 Å². The summed E-state index contributed by atoms with van der Waals surface area (Å²) in [6, 6.07) is 12.7. The van der Waals surface area contributed by atoms with Gasteiger partial charge in [-0.25, -0.2) is 0 Å². The number of pyridine rings is 1. The zero-order chi connectivity index (χ0) is 22.1. The largest absolute Gasteiger partial charge is 0.353 e. The zero-order valence-electron chi connectivity index (χ0n) is 18.9. The minimum absolute atomic E-state index is 0.0542. The van der Waals surface area contributed by atoms with Gasteiger partial charge < -0.3 is 10.2 Å². The second kappa shape index (κ2) is 8.45. The van der Waals surface area contributed by atoms with Crippen LogP contribution in [0.4, 0.5) is 0 Å². The molecule has 0 bridgehead atoms. The van der Waals surface area contributed by atoms with Crippen LogP contribution in [0.1, 0.15) is 52.0 Å². The molecule has 1 unspecified atom stereocenters. The van der Waals surface area contributed by atoms with Crippen LogP contribution in [0.2, 0.25) is 0 Å². The average molecular weight is 420 g/mol. The number of hydrogen-bond donors (Lipinski definition) is 1. The monoisotopic (exact) mass is 419 g/mol. The minimum Gasteiger partial charge on any atom is -0.353 e. The smallest absolute Gasteiger partial charge is 0.228 e. The molecule has 1 aromatic heterocycles. The SMILES string of the molecule is CC(C)(C)CC(=O)N1CCC(Cc2ccc(-c3ccncc3)cc2)(C(=O)NC2CC2)C1. The Kier molecular flexibility index (Phi) is 5.87. The van der Waals surface area contributed by atoms with Crippen molar-refractivity contribution in [3.63, 3.8) is 0 Å². The van der Waals surface area contributed by atoms with Crippen molar-refractivity contribution in [2.75, 3.05) is 13.1 Å². The number of nitrogens with zero attached hydrogens (tertiary/aromatic N) is 2. The van der Waals surface area contributed by atoms with Gasteiger partial charge in [0.2, 0.25) is 11.8 Å². The molecule has 2 amide bonds. The Hall–Kier alpha value is -2.69. The van der Waals surface area contributed by atoms with Crippen LogP contribution in [0.3, 0.4) is 0 Å². The maximum Gasteiger partial charge on any atom is 0.228 e. The van der Waals surface area contributed by atoms with E-state index in [1.807, 2.05) is 17.0 Å². The van der Waals surface area contributed by atoms with Gasteiger partial charge in [0.25, 0.3) is 0 Å². The van der Waals surface area contributed by atoms with Crippen LogP contribution in [-0.4, -0.2) is 40.8 Å². The zero-order valence-corrected chi connectivity index (χ0v) is 18.9. The van der Waals surface area contributed by atoms with E-state index >= 15 is 0 Å². The molecule has 164 valence electrons. The molecule has 2 heterocycles. The van der Waals surface area contributed by atoms with Gasteiger partial charge >= 0.3 is 0 Å². The van der Waals surface area contributed by atoms with E-state index in [1.165, 1.54) is 0 Å². The molecule has 4 rings (SSSR count). The number of aromatic nitrogens is 1. The van der Waals surface area contributed by atoms with Gasteiger partial charge in [-0.2, -0.15) is 0 Å². The highest BCUT2D eigenvalue weighted by Gasteiger charge is 2.47. The van der Waals surface area contributed by atoms with Crippen molar-refractivity contribution in [1.82, 2.24) is 15.2 Å². The van der Waals surface area contributed by atoms with Gasteiger partial charge in [-0.1, -0.05) is 45.0 Å². The fourth-order valence-electron chi connectivity index (χ4n) is 4.38. The highest BCUT2D eigenvalue weighted by Crippen LogP contribution is 2.37. The number of carbonyl (C=O) groups is 2. The van der Waals surface area contributed by atoms with E-state index in [2.05, 4.69) is 55.3 Å². The Labute approximate surface area is 185 Å². The normalized spacial score (nSPS) is 21.2. The standard InChI is InChI=1S/C26H33N3O2/c1-25(2,3)17-23(30)29-15-12-26(18-29,24(31)28-22-8-9-22)16-19-4-6-20(7-5-19)21-10-13-27-14-11-21/h4-7,10-11,13-14,22H,8-9,12,15-18H2,1-3H3,(H,28,31). The molecule has 0 spiro atoms. The second-order valence-corrected chi connectivity index (χ2v) is 10.4. The van der Waals surface area contributed by atoms with E-state index in [4.69, 9.17) is 0 Å². The molecule has 1 N–H and O–H groups in total. The van der Waals surface area contributed by atoms with Crippen molar-refractivity contribution in [2.24, 2.45) is 10.8 Å². The van der Waals surface area contributed by atoms with Gasteiger partial charge in [0.15, 0.2) is 0 Å². The molecular formula is C26H33N3O2. The molecule has 1 saturated carbocycles. The first-order chi connectivity index (χ1) is 14.7. The number of nitrogens with one attached hydrogen (secondary N) is 1. The van der Waals surface area contributed by atoms with Gasteiger partial charge in [-0.05, 0) is 59.9 Å². The van der Waals surface area contributed by atoms with E-state index in [-0.39, 0.29) is 17.2 Å². The molecule has 31 heavy (non-hydrogen) atoms. The highest BCUT2D eigenvalue weighted by atomic mass is 16.2. The molecule has 1 atom stereocenters. The lowest BCUT2D eigenvalue weighted by Gasteiger charge is -2.29. The van der Waals surface area contributed by atoms with Crippen LogP contribution in [0.5, 0.6) is 0 Å². The lowest BCUT2D eigenvalue weighted by Crippen LogP contribution is -2.46. The molecule has 1 aliphatic heterocycles. The Balaban J connectivity index is 1.52. The summed E-state index contributed by atoms with van der Waals surface area (Å²) in [5, 5.41) is 3.22. The summed E-state index contributed by atoms with van der Waals surface area (Å²) in [6.07, 6.45) is 7.59. The third-order valence-corrected chi connectivity index (χ3v) is 6.29. The number of likely N-dealkylation sites (tertiary alicyclic amines) is 1. The van der Waals surface area contributed by atoms with E-state index in [0.29, 0.717) is 38.4 Å². The Bertz CT molecular complexity index is 929. The van der Waals surface area contributed by atoms with Gasteiger partial charge in [0.1, 0.15) is 0 Å². The van der Waals surface area contributed by atoms with Crippen LogP contribution in [0, 0.1) is 10.8 Å². The third kappa shape index (κ3) is 5.33. The third-order valence-electron chi connectivity index (χ3n) is 6.29. The van der Waals surface area contributed by atoms with Crippen LogP contribution in [-0.2, 0) is 16.0 Å². The summed E-state index contributed by atoms with van der Waals surface area (Å²) in [5.41, 5.74) is 2.79. The fraction of sp³-hybridized carbons (Fsp3) is 0.500.